The first-order valence-electron chi connectivity index (χ1n) is 7.99. The number of hydrogen-bond donors (Lipinski definition) is 1. The third kappa shape index (κ3) is 5.05. The highest BCUT2D eigenvalue weighted by molar-refractivity contribution is 5.76. The maximum absolute atomic E-state index is 12.4. The van der Waals surface area contributed by atoms with Crippen LogP contribution in [0.4, 0.5) is 0 Å². The van der Waals surface area contributed by atoms with Crippen molar-refractivity contribution in [3.05, 3.63) is 30.3 Å². The van der Waals surface area contributed by atoms with Gasteiger partial charge in [-0.1, -0.05) is 25.1 Å². The molecule has 1 aromatic carbocycles. The van der Waals surface area contributed by atoms with Crippen LogP contribution in [0, 0.1) is 0 Å². The van der Waals surface area contributed by atoms with E-state index in [2.05, 4.69) is 12.2 Å². The summed E-state index contributed by atoms with van der Waals surface area (Å²) in [5, 5.41) is 3.39. The van der Waals surface area contributed by atoms with Crippen LogP contribution in [0.2, 0.25) is 0 Å². The number of piperidine rings is 1. The molecule has 116 valence electrons. The van der Waals surface area contributed by atoms with Gasteiger partial charge in [-0.05, 0) is 37.9 Å². The molecule has 1 aromatic rings. The predicted molar refractivity (Wildman–Crippen MR) is 84.4 cm³/mol. The Morgan fingerprint density at radius 1 is 1.38 bits per heavy atom. The van der Waals surface area contributed by atoms with E-state index in [9.17, 15) is 4.79 Å². The van der Waals surface area contributed by atoms with Crippen LogP contribution in [0.15, 0.2) is 30.3 Å². The molecule has 1 fully saturated rings. The first kappa shape index (κ1) is 15.8. The van der Waals surface area contributed by atoms with Crippen molar-refractivity contribution in [2.24, 2.45) is 0 Å². The summed E-state index contributed by atoms with van der Waals surface area (Å²) in [5.74, 6) is 1.04. The van der Waals surface area contributed by atoms with Gasteiger partial charge in [0, 0.05) is 19.1 Å². The normalized spacial score (nSPS) is 18.2. The van der Waals surface area contributed by atoms with Crippen LogP contribution in [0.1, 0.15) is 32.6 Å². The first-order valence-corrected chi connectivity index (χ1v) is 7.99. The van der Waals surface area contributed by atoms with Crippen molar-refractivity contribution in [3.63, 3.8) is 0 Å². The van der Waals surface area contributed by atoms with Crippen LogP contribution in [-0.4, -0.2) is 43.1 Å². The van der Waals surface area contributed by atoms with Crippen molar-refractivity contribution >= 4 is 5.91 Å². The molecule has 0 bridgehead atoms. The first-order chi connectivity index (χ1) is 10.3. The maximum atomic E-state index is 12.4. The number of nitrogens with zero attached hydrogens (tertiary/aromatic N) is 1. The SMILES string of the molecule is CCCN(C(=O)CCOc1ccccc1)C1CCCNC1. The minimum atomic E-state index is 0.210. The molecule has 1 N–H and O–H groups in total. The van der Waals surface area contributed by atoms with E-state index in [0.717, 1.165) is 44.6 Å². The van der Waals surface area contributed by atoms with Crippen LogP contribution in [0.3, 0.4) is 0 Å². The maximum Gasteiger partial charge on any atom is 0.226 e. The van der Waals surface area contributed by atoms with Gasteiger partial charge in [0.2, 0.25) is 5.91 Å². The summed E-state index contributed by atoms with van der Waals surface area (Å²) in [7, 11) is 0. The lowest BCUT2D eigenvalue weighted by Crippen LogP contribution is -2.49. The third-order valence-electron chi connectivity index (χ3n) is 3.82. The van der Waals surface area contributed by atoms with Gasteiger partial charge < -0.3 is 15.0 Å². The van der Waals surface area contributed by atoms with Crippen molar-refractivity contribution in [2.75, 3.05) is 26.2 Å². The molecule has 1 atom stereocenters. The quantitative estimate of drug-likeness (QED) is 0.838. The van der Waals surface area contributed by atoms with E-state index < -0.39 is 0 Å². The number of carbonyl (C=O) groups is 1. The van der Waals surface area contributed by atoms with Crippen LogP contribution in [-0.2, 0) is 4.79 Å². The van der Waals surface area contributed by atoms with Gasteiger partial charge in [-0.3, -0.25) is 4.79 Å². The highest BCUT2D eigenvalue weighted by Crippen LogP contribution is 2.13. The van der Waals surface area contributed by atoms with Gasteiger partial charge in [0.05, 0.1) is 13.0 Å². The molecule has 1 saturated heterocycles. The van der Waals surface area contributed by atoms with Crippen LogP contribution in [0.5, 0.6) is 5.75 Å². The van der Waals surface area contributed by atoms with E-state index in [4.69, 9.17) is 4.74 Å². The summed E-state index contributed by atoms with van der Waals surface area (Å²) in [5.41, 5.74) is 0. The summed E-state index contributed by atoms with van der Waals surface area (Å²) in [6, 6.07) is 10.0. The number of para-hydroxylation sites is 1. The van der Waals surface area contributed by atoms with E-state index in [-0.39, 0.29) is 5.91 Å². The number of nitrogens with one attached hydrogen (secondary N) is 1. The number of hydrogen-bond acceptors (Lipinski definition) is 3. The molecule has 1 heterocycles. The van der Waals surface area contributed by atoms with E-state index in [0.29, 0.717) is 19.1 Å². The van der Waals surface area contributed by atoms with Crippen molar-refractivity contribution in [1.29, 1.82) is 0 Å². The number of amides is 1. The Bertz CT molecular complexity index is 416. The fourth-order valence-electron chi connectivity index (χ4n) is 2.77. The number of rotatable bonds is 7. The average Bonchev–Trinajstić information content (AvgIpc) is 2.54. The lowest BCUT2D eigenvalue weighted by atomic mass is 10.1. The largest absolute Gasteiger partial charge is 0.493 e. The van der Waals surface area contributed by atoms with Crippen molar-refractivity contribution in [1.82, 2.24) is 10.2 Å². The predicted octanol–water partition coefficient (Wildman–Crippen LogP) is 2.45. The highest BCUT2D eigenvalue weighted by atomic mass is 16.5. The molecule has 0 aromatic heterocycles. The summed E-state index contributed by atoms with van der Waals surface area (Å²) in [6.07, 6.45) is 3.71. The Morgan fingerprint density at radius 2 is 2.19 bits per heavy atom. The Labute approximate surface area is 127 Å². The molecule has 1 amide bonds. The summed E-state index contributed by atoms with van der Waals surface area (Å²) in [6.45, 7) is 5.41. The second-order valence-corrected chi connectivity index (χ2v) is 5.50. The molecule has 1 unspecified atom stereocenters. The van der Waals surface area contributed by atoms with E-state index in [1.54, 1.807) is 0 Å². The van der Waals surface area contributed by atoms with Crippen LogP contribution < -0.4 is 10.1 Å². The molecule has 4 heteroatoms. The van der Waals surface area contributed by atoms with Crippen molar-refractivity contribution < 1.29 is 9.53 Å². The highest BCUT2D eigenvalue weighted by Gasteiger charge is 2.24. The molecule has 1 aliphatic rings. The smallest absolute Gasteiger partial charge is 0.226 e. The molecule has 1 aliphatic heterocycles. The summed E-state index contributed by atoms with van der Waals surface area (Å²) < 4.78 is 5.63. The van der Waals surface area contributed by atoms with Crippen LogP contribution >= 0.6 is 0 Å². The standard InChI is InChI=1S/C17H26N2O2/c1-2-12-19(15-7-6-11-18-14-15)17(20)10-13-21-16-8-4-3-5-9-16/h3-5,8-9,15,18H,2,6-7,10-14H2,1H3. The molecule has 0 saturated carbocycles. The Kier molecular flexibility index (Phi) is 6.54. The Hall–Kier alpha value is -1.55. The lowest BCUT2D eigenvalue weighted by molar-refractivity contribution is -0.134. The molecule has 0 radical (unpaired) electrons. The van der Waals surface area contributed by atoms with E-state index in [1.807, 2.05) is 35.2 Å². The van der Waals surface area contributed by atoms with Crippen molar-refractivity contribution in [2.45, 2.75) is 38.6 Å². The summed E-state index contributed by atoms with van der Waals surface area (Å²) >= 11 is 0. The van der Waals surface area contributed by atoms with E-state index >= 15 is 0 Å². The van der Waals surface area contributed by atoms with Gasteiger partial charge in [0.15, 0.2) is 0 Å². The zero-order valence-electron chi connectivity index (χ0n) is 12.9. The monoisotopic (exact) mass is 290 g/mol. The van der Waals surface area contributed by atoms with Crippen molar-refractivity contribution in [3.8, 4) is 5.75 Å². The molecule has 0 spiro atoms. The second kappa shape index (κ2) is 8.67. The number of benzene rings is 1. The Morgan fingerprint density at radius 3 is 2.86 bits per heavy atom. The zero-order valence-corrected chi connectivity index (χ0v) is 12.9. The fourth-order valence-corrected chi connectivity index (χ4v) is 2.77. The Balaban J connectivity index is 1.80. The second-order valence-electron chi connectivity index (χ2n) is 5.50. The summed E-state index contributed by atoms with van der Waals surface area (Å²) in [4.78, 5) is 14.5. The third-order valence-corrected chi connectivity index (χ3v) is 3.82. The van der Waals surface area contributed by atoms with Gasteiger partial charge >= 0.3 is 0 Å². The topological polar surface area (TPSA) is 41.6 Å². The lowest BCUT2D eigenvalue weighted by Gasteiger charge is -2.34. The molecule has 2 rings (SSSR count). The molecule has 0 aliphatic carbocycles. The molecular weight excluding hydrogens is 264 g/mol. The molecule has 4 nitrogen and oxygen atoms in total. The fraction of sp³-hybridized carbons (Fsp3) is 0.588. The van der Waals surface area contributed by atoms with Crippen LogP contribution in [0.25, 0.3) is 0 Å². The average molecular weight is 290 g/mol. The number of carbonyl (C=O) groups excluding carboxylic acids is 1. The minimum Gasteiger partial charge on any atom is -0.493 e. The number of ether oxygens (including phenoxy) is 1. The molecular formula is C17H26N2O2. The van der Waals surface area contributed by atoms with Gasteiger partial charge in [0.1, 0.15) is 5.75 Å². The van der Waals surface area contributed by atoms with Gasteiger partial charge in [-0.25, -0.2) is 0 Å². The molecule has 21 heavy (non-hydrogen) atoms. The minimum absolute atomic E-state index is 0.210. The van der Waals surface area contributed by atoms with Gasteiger partial charge in [-0.2, -0.15) is 0 Å². The van der Waals surface area contributed by atoms with Gasteiger partial charge in [0.25, 0.3) is 0 Å². The van der Waals surface area contributed by atoms with E-state index in [1.165, 1.54) is 0 Å². The van der Waals surface area contributed by atoms with Gasteiger partial charge in [-0.15, -0.1) is 0 Å². The zero-order chi connectivity index (χ0) is 14.9.